The van der Waals surface area contributed by atoms with E-state index in [1.54, 1.807) is 11.3 Å². The van der Waals surface area contributed by atoms with Gasteiger partial charge < -0.3 is 5.32 Å². The van der Waals surface area contributed by atoms with E-state index >= 15 is 0 Å². The number of amides is 1. The SMILES string of the molecule is O=C(NCC(c1cccs1)N1CCc2ccccc2C1)c1ccc(Cl)c([N+](=O)[O-])c1. The van der Waals surface area contributed by atoms with Crippen LogP contribution in [-0.2, 0) is 13.0 Å². The summed E-state index contributed by atoms with van der Waals surface area (Å²) >= 11 is 7.52. The molecule has 1 unspecified atom stereocenters. The van der Waals surface area contributed by atoms with Crippen LogP contribution >= 0.6 is 22.9 Å². The lowest BCUT2D eigenvalue weighted by Gasteiger charge is -2.35. The summed E-state index contributed by atoms with van der Waals surface area (Å²) in [7, 11) is 0. The number of hydrogen-bond acceptors (Lipinski definition) is 5. The van der Waals surface area contributed by atoms with Gasteiger partial charge in [-0.3, -0.25) is 19.8 Å². The molecule has 0 bridgehead atoms. The highest BCUT2D eigenvalue weighted by atomic mass is 35.5. The van der Waals surface area contributed by atoms with Crippen molar-refractivity contribution in [1.82, 2.24) is 10.2 Å². The van der Waals surface area contributed by atoms with Gasteiger partial charge in [-0.25, -0.2) is 0 Å². The first-order valence-electron chi connectivity index (χ1n) is 9.59. The van der Waals surface area contributed by atoms with E-state index in [9.17, 15) is 14.9 Å². The molecule has 1 N–H and O–H groups in total. The largest absolute Gasteiger partial charge is 0.350 e. The van der Waals surface area contributed by atoms with Crippen LogP contribution in [0.4, 0.5) is 5.69 Å². The molecule has 1 aliphatic rings. The lowest BCUT2D eigenvalue weighted by Crippen LogP contribution is -2.40. The molecule has 1 atom stereocenters. The first kappa shape index (κ1) is 20.5. The number of nitro groups is 1. The fourth-order valence-corrected chi connectivity index (χ4v) is 4.81. The molecule has 4 rings (SSSR count). The van der Waals surface area contributed by atoms with Crippen LogP contribution in [0.5, 0.6) is 0 Å². The molecule has 154 valence electrons. The minimum Gasteiger partial charge on any atom is -0.350 e. The number of halogens is 1. The van der Waals surface area contributed by atoms with Crippen molar-refractivity contribution in [2.45, 2.75) is 19.0 Å². The van der Waals surface area contributed by atoms with E-state index in [4.69, 9.17) is 11.6 Å². The summed E-state index contributed by atoms with van der Waals surface area (Å²) in [6.07, 6.45) is 0.968. The normalized spacial score (nSPS) is 14.7. The van der Waals surface area contributed by atoms with Crippen LogP contribution in [0.2, 0.25) is 5.02 Å². The Morgan fingerprint density at radius 1 is 1.20 bits per heavy atom. The van der Waals surface area contributed by atoms with Gasteiger partial charge in [-0.05, 0) is 41.1 Å². The van der Waals surface area contributed by atoms with Gasteiger partial charge in [0.25, 0.3) is 11.6 Å². The molecular formula is C22H20ClN3O3S. The molecule has 1 aromatic heterocycles. The lowest BCUT2D eigenvalue weighted by molar-refractivity contribution is -0.384. The van der Waals surface area contributed by atoms with Crippen LogP contribution in [0.1, 0.15) is 32.4 Å². The molecule has 30 heavy (non-hydrogen) atoms. The van der Waals surface area contributed by atoms with Crippen molar-refractivity contribution in [1.29, 1.82) is 0 Å². The molecule has 0 radical (unpaired) electrons. The van der Waals surface area contributed by atoms with E-state index in [0.29, 0.717) is 6.54 Å². The highest BCUT2D eigenvalue weighted by molar-refractivity contribution is 7.10. The Morgan fingerprint density at radius 3 is 2.73 bits per heavy atom. The topological polar surface area (TPSA) is 75.5 Å². The van der Waals surface area contributed by atoms with Gasteiger partial charge in [0, 0.05) is 36.1 Å². The van der Waals surface area contributed by atoms with E-state index in [-0.39, 0.29) is 28.2 Å². The Bertz CT molecular complexity index is 1070. The molecule has 2 heterocycles. The molecule has 8 heteroatoms. The first-order valence-corrected chi connectivity index (χ1v) is 10.8. The summed E-state index contributed by atoms with van der Waals surface area (Å²) in [6, 6.07) is 16.7. The predicted octanol–water partition coefficient (Wildman–Crippen LogP) is 4.84. The van der Waals surface area contributed by atoms with Crippen molar-refractivity contribution in [2.24, 2.45) is 0 Å². The van der Waals surface area contributed by atoms with E-state index in [0.717, 1.165) is 19.5 Å². The Balaban J connectivity index is 1.51. The van der Waals surface area contributed by atoms with Gasteiger partial charge in [0.15, 0.2) is 0 Å². The Hall–Kier alpha value is -2.74. The molecule has 1 amide bonds. The van der Waals surface area contributed by atoms with E-state index in [1.807, 2.05) is 11.4 Å². The predicted molar refractivity (Wildman–Crippen MR) is 118 cm³/mol. The van der Waals surface area contributed by atoms with E-state index in [1.165, 1.54) is 34.2 Å². The maximum Gasteiger partial charge on any atom is 0.288 e. The fraction of sp³-hybridized carbons (Fsp3) is 0.227. The van der Waals surface area contributed by atoms with Gasteiger partial charge in [-0.2, -0.15) is 0 Å². The third-order valence-corrected chi connectivity index (χ3v) is 6.63. The lowest BCUT2D eigenvalue weighted by atomic mass is 9.98. The summed E-state index contributed by atoms with van der Waals surface area (Å²) < 4.78 is 0. The molecule has 0 saturated carbocycles. The minimum absolute atomic E-state index is 0.0139. The van der Waals surface area contributed by atoms with Crippen molar-refractivity contribution in [2.75, 3.05) is 13.1 Å². The van der Waals surface area contributed by atoms with Gasteiger partial charge in [-0.15, -0.1) is 11.3 Å². The third-order valence-electron chi connectivity index (χ3n) is 5.33. The number of hydrogen-bond donors (Lipinski definition) is 1. The van der Waals surface area contributed by atoms with Gasteiger partial charge in [0.05, 0.1) is 11.0 Å². The Kier molecular flexibility index (Phi) is 6.13. The standard InChI is InChI=1S/C22H20ClN3O3S/c23-18-8-7-16(12-19(18)26(28)29)22(27)24-13-20(21-6-3-11-30-21)25-10-9-15-4-1-2-5-17(15)14-25/h1-8,11-12,20H,9-10,13-14H2,(H,24,27). The summed E-state index contributed by atoms with van der Waals surface area (Å²) in [6.45, 7) is 2.14. The molecule has 0 fully saturated rings. The van der Waals surface area contributed by atoms with Gasteiger partial charge in [-0.1, -0.05) is 41.9 Å². The number of nitrogens with zero attached hydrogens (tertiary/aromatic N) is 2. The number of carbonyl (C=O) groups excluding carboxylic acids is 1. The van der Waals surface area contributed by atoms with Crippen LogP contribution < -0.4 is 5.32 Å². The number of rotatable bonds is 6. The first-order chi connectivity index (χ1) is 14.5. The number of nitro benzene ring substituents is 1. The summed E-state index contributed by atoms with van der Waals surface area (Å²) in [4.78, 5) is 26.8. The van der Waals surface area contributed by atoms with Crippen molar-refractivity contribution in [3.63, 3.8) is 0 Å². The van der Waals surface area contributed by atoms with Crippen LogP contribution in [-0.4, -0.2) is 28.8 Å². The molecule has 0 saturated heterocycles. The van der Waals surface area contributed by atoms with Crippen LogP contribution in [0.3, 0.4) is 0 Å². The number of nitrogens with one attached hydrogen (secondary N) is 1. The van der Waals surface area contributed by atoms with Gasteiger partial charge in [0.1, 0.15) is 5.02 Å². The maximum atomic E-state index is 12.7. The molecule has 1 aliphatic heterocycles. The van der Waals surface area contributed by atoms with Crippen LogP contribution in [0.15, 0.2) is 60.0 Å². The molecule has 3 aromatic rings. The Morgan fingerprint density at radius 2 is 2.00 bits per heavy atom. The summed E-state index contributed by atoms with van der Waals surface area (Å²) in [5, 5.41) is 16.1. The second-order valence-corrected chi connectivity index (χ2v) is 8.54. The highest BCUT2D eigenvalue weighted by Gasteiger charge is 2.26. The number of carbonyl (C=O) groups is 1. The second-order valence-electron chi connectivity index (χ2n) is 7.15. The second kappa shape index (κ2) is 8.95. The summed E-state index contributed by atoms with van der Waals surface area (Å²) in [5.74, 6) is -0.353. The number of benzene rings is 2. The molecule has 0 aliphatic carbocycles. The average molecular weight is 442 g/mol. The molecular weight excluding hydrogens is 422 g/mol. The number of fused-ring (bicyclic) bond motifs is 1. The average Bonchev–Trinajstić information content (AvgIpc) is 3.28. The number of thiophene rings is 1. The zero-order valence-corrected chi connectivity index (χ0v) is 17.7. The zero-order valence-electron chi connectivity index (χ0n) is 16.1. The quantitative estimate of drug-likeness (QED) is 0.438. The monoisotopic (exact) mass is 441 g/mol. The summed E-state index contributed by atoms with van der Waals surface area (Å²) in [5.41, 5.74) is 2.63. The van der Waals surface area contributed by atoms with Crippen LogP contribution in [0.25, 0.3) is 0 Å². The van der Waals surface area contributed by atoms with E-state index in [2.05, 4.69) is 40.5 Å². The maximum absolute atomic E-state index is 12.7. The van der Waals surface area contributed by atoms with E-state index < -0.39 is 4.92 Å². The van der Waals surface area contributed by atoms with Crippen molar-refractivity contribution in [3.05, 3.63) is 96.7 Å². The van der Waals surface area contributed by atoms with Crippen LogP contribution in [0, 0.1) is 10.1 Å². The third kappa shape index (κ3) is 4.38. The fourth-order valence-electron chi connectivity index (χ4n) is 3.76. The highest BCUT2D eigenvalue weighted by Crippen LogP contribution is 2.30. The molecule has 6 nitrogen and oxygen atoms in total. The van der Waals surface area contributed by atoms with Gasteiger partial charge in [0.2, 0.25) is 0 Å². The van der Waals surface area contributed by atoms with Gasteiger partial charge >= 0.3 is 0 Å². The zero-order chi connectivity index (χ0) is 21.1. The minimum atomic E-state index is -0.585. The Labute approximate surface area is 183 Å². The van der Waals surface area contributed by atoms with Crippen molar-refractivity contribution in [3.8, 4) is 0 Å². The van der Waals surface area contributed by atoms with Crippen molar-refractivity contribution >= 4 is 34.5 Å². The molecule has 0 spiro atoms. The molecule has 2 aromatic carbocycles. The smallest absolute Gasteiger partial charge is 0.288 e. The van der Waals surface area contributed by atoms with Crippen molar-refractivity contribution < 1.29 is 9.72 Å².